The number of carbonyl (C=O) groups excluding carboxylic acids is 1. The number of hydrogen-bond donors (Lipinski definition) is 2. The lowest BCUT2D eigenvalue weighted by molar-refractivity contribution is 0.0946. The Labute approximate surface area is 152 Å². The molecular weight excluding hydrogens is 328 g/mol. The highest BCUT2D eigenvalue weighted by Crippen LogP contribution is 2.18. The van der Waals surface area contributed by atoms with E-state index in [0.717, 1.165) is 22.6 Å². The van der Waals surface area contributed by atoms with Crippen LogP contribution in [0.4, 0.5) is 5.69 Å². The maximum absolute atomic E-state index is 12.2. The van der Waals surface area contributed by atoms with Crippen molar-refractivity contribution >= 4 is 11.6 Å². The van der Waals surface area contributed by atoms with Crippen LogP contribution in [0, 0.1) is 0 Å². The molecule has 0 saturated carbocycles. The van der Waals surface area contributed by atoms with Crippen LogP contribution in [0.3, 0.4) is 0 Å². The van der Waals surface area contributed by atoms with Crippen LogP contribution in [0.2, 0.25) is 0 Å². The summed E-state index contributed by atoms with van der Waals surface area (Å²) in [6, 6.07) is 15.1. The van der Waals surface area contributed by atoms with Gasteiger partial charge in [-0.2, -0.15) is 0 Å². The van der Waals surface area contributed by atoms with Gasteiger partial charge in [-0.25, -0.2) is 4.98 Å². The molecule has 0 aliphatic rings. The number of benzene rings is 1. The van der Waals surface area contributed by atoms with Gasteiger partial charge in [0.05, 0.1) is 19.0 Å². The Morgan fingerprint density at radius 1 is 1.04 bits per heavy atom. The number of pyridine rings is 2. The smallest absolute Gasteiger partial charge is 0.270 e. The first-order chi connectivity index (χ1) is 12.8. The Balaban J connectivity index is 1.55. The zero-order valence-electron chi connectivity index (χ0n) is 14.5. The third kappa shape index (κ3) is 4.57. The third-order valence-electron chi connectivity index (χ3n) is 3.87. The second-order valence-electron chi connectivity index (χ2n) is 5.64. The molecule has 0 spiro atoms. The maximum atomic E-state index is 12.2. The lowest BCUT2D eigenvalue weighted by Crippen LogP contribution is -2.23. The van der Waals surface area contributed by atoms with E-state index in [0.29, 0.717) is 18.8 Å². The summed E-state index contributed by atoms with van der Waals surface area (Å²) in [5.41, 5.74) is 3.25. The minimum atomic E-state index is -0.210. The van der Waals surface area contributed by atoms with Gasteiger partial charge in [0.25, 0.3) is 5.91 Å². The number of methoxy groups -OCH3 is 1. The van der Waals surface area contributed by atoms with Crippen LogP contribution in [-0.2, 0) is 13.1 Å². The fraction of sp³-hybridized carbons (Fsp3) is 0.150. The van der Waals surface area contributed by atoms with Gasteiger partial charge < -0.3 is 15.4 Å². The van der Waals surface area contributed by atoms with Gasteiger partial charge >= 0.3 is 0 Å². The first-order valence-corrected chi connectivity index (χ1v) is 8.25. The number of ether oxygens (including phenoxy) is 1. The number of anilines is 1. The van der Waals surface area contributed by atoms with Gasteiger partial charge in [0, 0.05) is 31.0 Å². The lowest BCUT2D eigenvalue weighted by Gasteiger charge is -2.10. The van der Waals surface area contributed by atoms with Crippen molar-refractivity contribution in [3.8, 4) is 5.75 Å². The van der Waals surface area contributed by atoms with E-state index in [1.165, 1.54) is 0 Å². The molecule has 0 aliphatic carbocycles. The van der Waals surface area contributed by atoms with Gasteiger partial charge in [-0.05, 0) is 35.9 Å². The summed E-state index contributed by atoms with van der Waals surface area (Å²) in [5.74, 6) is 0.623. The SMILES string of the molecule is COc1ccccc1CNc1ccc(C(=O)NCc2ccncc2)nc1. The van der Waals surface area contributed by atoms with E-state index in [-0.39, 0.29) is 5.91 Å². The van der Waals surface area contributed by atoms with Crippen LogP contribution in [-0.4, -0.2) is 23.0 Å². The summed E-state index contributed by atoms with van der Waals surface area (Å²) >= 11 is 0. The van der Waals surface area contributed by atoms with E-state index in [4.69, 9.17) is 4.74 Å². The standard InChI is InChI=1S/C20H20N4O2/c1-26-19-5-3-2-4-16(19)13-22-17-6-7-18(23-14-17)20(25)24-12-15-8-10-21-11-9-15/h2-11,14,22H,12-13H2,1H3,(H,24,25). The monoisotopic (exact) mass is 348 g/mol. The average molecular weight is 348 g/mol. The number of hydrogen-bond acceptors (Lipinski definition) is 5. The van der Waals surface area contributed by atoms with Gasteiger partial charge in [0.1, 0.15) is 11.4 Å². The fourth-order valence-corrected chi connectivity index (χ4v) is 2.45. The molecule has 1 aromatic carbocycles. The predicted molar refractivity (Wildman–Crippen MR) is 100.0 cm³/mol. The van der Waals surface area contributed by atoms with Crippen molar-refractivity contribution in [1.82, 2.24) is 15.3 Å². The van der Waals surface area contributed by atoms with E-state index in [1.54, 1.807) is 31.8 Å². The summed E-state index contributed by atoms with van der Waals surface area (Å²) < 4.78 is 5.34. The molecule has 0 fully saturated rings. The fourth-order valence-electron chi connectivity index (χ4n) is 2.45. The summed E-state index contributed by atoms with van der Waals surface area (Å²) in [5, 5.41) is 6.12. The lowest BCUT2D eigenvalue weighted by atomic mass is 10.2. The second kappa shape index (κ2) is 8.62. The van der Waals surface area contributed by atoms with E-state index < -0.39 is 0 Å². The van der Waals surface area contributed by atoms with Crippen LogP contribution in [0.15, 0.2) is 67.1 Å². The van der Waals surface area contributed by atoms with Crippen molar-refractivity contribution < 1.29 is 9.53 Å². The molecule has 0 saturated heterocycles. The van der Waals surface area contributed by atoms with E-state index in [2.05, 4.69) is 20.6 Å². The zero-order chi connectivity index (χ0) is 18.2. The summed E-state index contributed by atoms with van der Waals surface area (Å²) in [4.78, 5) is 20.3. The number of para-hydroxylation sites is 1. The van der Waals surface area contributed by atoms with Crippen LogP contribution in [0.25, 0.3) is 0 Å². The number of aromatic nitrogens is 2. The summed E-state index contributed by atoms with van der Waals surface area (Å²) in [6.45, 7) is 1.05. The Morgan fingerprint density at radius 2 is 1.85 bits per heavy atom. The molecule has 2 N–H and O–H groups in total. The molecule has 0 aliphatic heterocycles. The quantitative estimate of drug-likeness (QED) is 0.686. The van der Waals surface area contributed by atoms with Crippen LogP contribution in [0.1, 0.15) is 21.6 Å². The average Bonchev–Trinajstić information content (AvgIpc) is 2.72. The molecule has 132 valence electrons. The Bertz CT molecular complexity index is 851. The molecule has 26 heavy (non-hydrogen) atoms. The molecule has 6 heteroatoms. The number of amides is 1. The van der Waals surface area contributed by atoms with Crippen LogP contribution < -0.4 is 15.4 Å². The Hall–Kier alpha value is -3.41. The molecule has 0 radical (unpaired) electrons. The van der Waals surface area contributed by atoms with Gasteiger partial charge in [0.2, 0.25) is 0 Å². The van der Waals surface area contributed by atoms with Gasteiger partial charge in [-0.3, -0.25) is 9.78 Å². The number of nitrogens with one attached hydrogen (secondary N) is 2. The first-order valence-electron chi connectivity index (χ1n) is 8.25. The Kier molecular flexibility index (Phi) is 5.77. The molecular formula is C20H20N4O2. The van der Waals surface area contributed by atoms with Crippen LogP contribution >= 0.6 is 0 Å². The minimum absolute atomic E-state index is 0.210. The topological polar surface area (TPSA) is 76.1 Å². The molecule has 3 rings (SSSR count). The molecule has 0 bridgehead atoms. The molecule has 3 aromatic rings. The van der Waals surface area contributed by atoms with Crippen molar-refractivity contribution in [3.05, 3.63) is 83.9 Å². The van der Waals surface area contributed by atoms with Gasteiger partial charge in [-0.15, -0.1) is 0 Å². The van der Waals surface area contributed by atoms with Crippen molar-refractivity contribution in [1.29, 1.82) is 0 Å². The molecule has 6 nitrogen and oxygen atoms in total. The second-order valence-corrected chi connectivity index (χ2v) is 5.64. The van der Waals surface area contributed by atoms with Crippen molar-refractivity contribution in [3.63, 3.8) is 0 Å². The highest BCUT2D eigenvalue weighted by molar-refractivity contribution is 5.92. The first kappa shape index (κ1) is 17.4. The minimum Gasteiger partial charge on any atom is -0.496 e. The van der Waals surface area contributed by atoms with Crippen molar-refractivity contribution in [2.75, 3.05) is 12.4 Å². The van der Waals surface area contributed by atoms with E-state index >= 15 is 0 Å². The molecule has 2 aromatic heterocycles. The Morgan fingerprint density at radius 3 is 2.58 bits per heavy atom. The summed E-state index contributed by atoms with van der Waals surface area (Å²) in [6.07, 6.45) is 5.04. The molecule has 2 heterocycles. The van der Waals surface area contributed by atoms with Gasteiger partial charge in [0.15, 0.2) is 0 Å². The molecule has 0 unspecified atom stereocenters. The van der Waals surface area contributed by atoms with Crippen LogP contribution in [0.5, 0.6) is 5.75 Å². The highest BCUT2D eigenvalue weighted by atomic mass is 16.5. The highest BCUT2D eigenvalue weighted by Gasteiger charge is 2.07. The number of nitrogens with zero attached hydrogens (tertiary/aromatic N) is 2. The zero-order valence-corrected chi connectivity index (χ0v) is 14.5. The summed E-state index contributed by atoms with van der Waals surface area (Å²) in [7, 11) is 1.65. The van der Waals surface area contributed by atoms with Crippen molar-refractivity contribution in [2.24, 2.45) is 0 Å². The normalized spacial score (nSPS) is 10.2. The van der Waals surface area contributed by atoms with Crippen molar-refractivity contribution in [2.45, 2.75) is 13.1 Å². The largest absolute Gasteiger partial charge is 0.496 e. The molecule has 1 amide bonds. The van der Waals surface area contributed by atoms with E-state index in [1.807, 2.05) is 42.5 Å². The van der Waals surface area contributed by atoms with E-state index in [9.17, 15) is 4.79 Å². The number of rotatable bonds is 7. The predicted octanol–water partition coefficient (Wildman–Crippen LogP) is 3.03. The maximum Gasteiger partial charge on any atom is 0.270 e. The van der Waals surface area contributed by atoms with Gasteiger partial charge in [-0.1, -0.05) is 18.2 Å². The number of carbonyl (C=O) groups is 1. The third-order valence-corrected chi connectivity index (χ3v) is 3.87. The molecule has 0 atom stereocenters.